The largest absolute Gasteiger partial charge is 1.00 e. The number of hydrogen-bond donors (Lipinski definition) is 0. The summed E-state index contributed by atoms with van der Waals surface area (Å²) in [6.45, 7) is 3.32. The molecule has 1 saturated heterocycles. The van der Waals surface area contributed by atoms with E-state index in [9.17, 15) is 0 Å². The van der Waals surface area contributed by atoms with E-state index >= 15 is 0 Å². The van der Waals surface area contributed by atoms with Crippen LogP contribution < -0.4 is 103 Å². The van der Waals surface area contributed by atoms with Crippen molar-refractivity contribution in [3.63, 3.8) is 0 Å². The molecule has 0 aromatic carbocycles. The molecule has 1 rings (SSSR count). The van der Waals surface area contributed by atoms with Crippen LogP contribution in [0.25, 0.3) is 0 Å². The van der Waals surface area contributed by atoms with Crippen molar-refractivity contribution in [2.24, 2.45) is 0 Å². The standard InChI is InChI=1S/C20H38O.3Na.H3O4P/c1-2-3-4-5-6-7-8-9-10-11-12-13-14-15-16-17-18-20-19-21-20;;;;1-5(2,3)4/h9-10,20H,2-8,11-19H2,1H3;;;;(H3,1,2,3,4)/q;3*+1;/p-3. The molecule has 0 N–H and O–H groups in total. The maximum atomic E-state index is 8.55. The number of allylic oxidation sites excluding steroid dienone is 2. The second kappa shape index (κ2) is 28.8. The predicted octanol–water partition coefficient (Wildman–Crippen LogP) is -5.00. The van der Waals surface area contributed by atoms with Gasteiger partial charge in [0.25, 0.3) is 0 Å². The number of ether oxygens (including phenoxy) is 1. The van der Waals surface area contributed by atoms with Crippen molar-refractivity contribution >= 4 is 7.82 Å². The van der Waals surface area contributed by atoms with E-state index in [0.29, 0.717) is 6.10 Å². The summed E-state index contributed by atoms with van der Waals surface area (Å²) in [6.07, 6.45) is 26.3. The van der Waals surface area contributed by atoms with Crippen LogP contribution in [0.2, 0.25) is 0 Å². The second-order valence-corrected chi connectivity index (χ2v) is 8.02. The average molecular weight is 458 g/mol. The zero-order chi connectivity index (χ0) is 19.5. The van der Waals surface area contributed by atoms with Gasteiger partial charge in [-0.15, -0.1) is 0 Å². The van der Waals surface area contributed by atoms with Crippen LogP contribution in [-0.2, 0) is 9.30 Å². The molecule has 0 spiro atoms. The molecule has 9 heteroatoms. The second-order valence-electron chi connectivity index (χ2n) is 7.13. The third-order valence-electron chi connectivity index (χ3n) is 4.44. The molecular formula is C20H38Na3O5P. The van der Waals surface area contributed by atoms with Crippen LogP contribution in [0.4, 0.5) is 0 Å². The van der Waals surface area contributed by atoms with Gasteiger partial charge in [-0.25, -0.2) is 0 Å². The molecule has 0 radical (unpaired) electrons. The molecule has 1 aliphatic rings. The molecule has 0 bridgehead atoms. The van der Waals surface area contributed by atoms with Crippen molar-refractivity contribution in [2.45, 2.75) is 109 Å². The molecule has 0 saturated carbocycles. The molecule has 5 nitrogen and oxygen atoms in total. The molecule has 1 fully saturated rings. The zero-order valence-corrected chi connectivity index (χ0v) is 26.4. The minimum Gasteiger partial charge on any atom is -0.822 e. The van der Waals surface area contributed by atoms with Gasteiger partial charge < -0.3 is 24.0 Å². The molecular weight excluding hydrogens is 420 g/mol. The number of epoxide rings is 1. The summed E-state index contributed by atoms with van der Waals surface area (Å²) >= 11 is 0. The molecule has 0 aliphatic carbocycles. The minimum absolute atomic E-state index is 0. The van der Waals surface area contributed by atoms with Crippen molar-refractivity contribution < 1.29 is 113 Å². The third-order valence-corrected chi connectivity index (χ3v) is 4.44. The van der Waals surface area contributed by atoms with Gasteiger partial charge in [0.1, 0.15) is 0 Å². The van der Waals surface area contributed by atoms with E-state index < -0.39 is 7.82 Å². The van der Waals surface area contributed by atoms with Gasteiger partial charge in [0, 0.05) is 0 Å². The number of unbranched alkanes of at least 4 members (excludes halogenated alkanes) is 12. The van der Waals surface area contributed by atoms with Crippen molar-refractivity contribution in [3.8, 4) is 0 Å². The Hall–Kier alpha value is 2.81. The Labute approximate surface area is 245 Å². The number of hydrogen-bond acceptors (Lipinski definition) is 5. The zero-order valence-electron chi connectivity index (χ0n) is 19.5. The first-order chi connectivity index (χ1) is 12.4. The molecule has 156 valence electrons. The topological polar surface area (TPSA) is 98.8 Å². The van der Waals surface area contributed by atoms with Gasteiger partial charge in [-0.05, 0) is 32.1 Å². The quantitative estimate of drug-likeness (QED) is 0.0759. The molecule has 1 unspecified atom stereocenters. The summed E-state index contributed by atoms with van der Waals surface area (Å²) in [5.74, 6) is 0. The van der Waals surface area contributed by atoms with Gasteiger partial charge in [-0.2, -0.15) is 7.82 Å². The first kappa shape index (κ1) is 39.0. The fourth-order valence-electron chi connectivity index (χ4n) is 2.85. The van der Waals surface area contributed by atoms with Crippen molar-refractivity contribution in [1.29, 1.82) is 0 Å². The summed E-state index contributed by atoms with van der Waals surface area (Å²) in [5, 5.41) is 0. The van der Waals surface area contributed by atoms with Crippen LogP contribution in [0.5, 0.6) is 0 Å². The Morgan fingerprint density at radius 1 is 0.759 bits per heavy atom. The first-order valence-electron chi connectivity index (χ1n) is 10.4. The Bertz CT molecular complexity index is 369. The Morgan fingerprint density at radius 3 is 1.48 bits per heavy atom. The van der Waals surface area contributed by atoms with Crippen LogP contribution in [0.1, 0.15) is 103 Å². The van der Waals surface area contributed by atoms with Crippen LogP contribution in [0.15, 0.2) is 12.2 Å². The van der Waals surface area contributed by atoms with Gasteiger partial charge in [0.05, 0.1) is 12.7 Å². The summed E-state index contributed by atoms with van der Waals surface area (Å²) in [7, 11) is -5.39. The Balaban J connectivity index is -0.000000349. The molecule has 0 aromatic heterocycles. The molecule has 1 atom stereocenters. The van der Waals surface area contributed by atoms with Gasteiger partial charge in [0.15, 0.2) is 0 Å². The van der Waals surface area contributed by atoms with E-state index in [1.807, 2.05) is 0 Å². The maximum absolute atomic E-state index is 8.55. The summed E-state index contributed by atoms with van der Waals surface area (Å²) in [5.41, 5.74) is 0. The van der Waals surface area contributed by atoms with Gasteiger partial charge >= 0.3 is 88.7 Å². The molecule has 0 aromatic rings. The number of phosphoric acid groups is 1. The van der Waals surface area contributed by atoms with E-state index in [-0.39, 0.29) is 88.7 Å². The first-order valence-corrected chi connectivity index (χ1v) is 11.9. The van der Waals surface area contributed by atoms with Gasteiger partial charge in [-0.3, -0.25) is 0 Å². The van der Waals surface area contributed by atoms with Crippen molar-refractivity contribution in [1.82, 2.24) is 0 Å². The fraction of sp³-hybridized carbons (Fsp3) is 0.900. The maximum Gasteiger partial charge on any atom is 1.00 e. The monoisotopic (exact) mass is 458 g/mol. The summed E-state index contributed by atoms with van der Waals surface area (Å²) < 4.78 is 13.8. The minimum atomic E-state index is -5.39. The van der Waals surface area contributed by atoms with E-state index in [1.165, 1.54) is 96.3 Å². The predicted molar refractivity (Wildman–Crippen MR) is 101 cm³/mol. The molecule has 0 amide bonds. The van der Waals surface area contributed by atoms with Crippen molar-refractivity contribution in [3.05, 3.63) is 12.2 Å². The van der Waals surface area contributed by atoms with Gasteiger partial charge in [-0.1, -0.05) is 83.3 Å². The summed E-state index contributed by atoms with van der Waals surface area (Å²) in [6, 6.07) is 0. The van der Waals surface area contributed by atoms with E-state index in [0.717, 1.165) is 6.61 Å². The van der Waals surface area contributed by atoms with E-state index in [2.05, 4.69) is 19.1 Å². The smallest absolute Gasteiger partial charge is 0.822 e. The Kier molecular flexibility index (Phi) is 38.8. The van der Waals surface area contributed by atoms with Gasteiger partial charge in [0.2, 0.25) is 0 Å². The Morgan fingerprint density at radius 2 is 1.10 bits per heavy atom. The average Bonchev–Trinajstić information content (AvgIpc) is 3.37. The summed E-state index contributed by atoms with van der Waals surface area (Å²) in [4.78, 5) is 25.6. The molecule has 1 aliphatic heterocycles. The fourth-order valence-corrected chi connectivity index (χ4v) is 2.85. The van der Waals surface area contributed by atoms with E-state index in [1.54, 1.807) is 0 Å². The van der Waals surface area contributed by atoms with Crippen LogP contribution >= 0.6 is 7.82 Å². The molecule has 29 heavy (non-hydrogen) atoms. The van der Waals surface area contributed by atoms with Crippen LogP contribution in [-0.4, -0.2) is 12.7 Å². The molecule has 1 heterocycles. The SMILES string of the molecule is CCCCCCCCC=CCCCCCCCCC1CO1.O=P([O-])([O-])[O-].[Na+].[Na+].[Na+]. The van der Waals surface area contributed by atoms with E-state index in [4.69, 9.17) is 24.0 Å². The van der Waals surface area contributed by atoms with Crippen LogP contribution in [0.3, 0.4) is 0 Å². The number of rotatable bonds is 16. The van der Waals surface area contributed by atoms with Crippen LogP contribution in [0, 0.1) is 0 Å². The third kappa shape index (κ3) is 45.1. The normalized spacial score (nSPS) is 14.8. The van der Waals surface area contributed by atoms with Crippen molar-refractivity contribution in [2.75, 3.05) is 6.61 Å².